The number of aromatic nitrogens is 2. The lowest BCUT2D eigenvalue weighted by molar-refractivity contribution is 0.0689. The van der Waals surface area contributed by atoms with Crippen LogP contribution in [0.3, 0.4) is 0 Å². The van der Waals surface area contributed by atoms with E-state index in [1.54, 1.807) is 0 Å². The van der Waals surface area contributed by atoms with Crippen LogP contribution in [0.25, 0.3) is 0 Å². The van der Waals surface area contributed by atoms with Gasteiger partial charge in [-0.05, 0) is 6.26 Å². The Bertz CT molecular complexity index is 306. The first-order valence-electron chi connectivity index (χ1n) is 3.82. The van der Waals surface area contributed by atoms with Gasteiger partial charge in [0.25, 0.3) is 0 Å². The Kier molecular flexibility index (Phi) is 3.25. The number of aromatic carboxylic acids is 1. The van der Waals surface area contributed by atoms with E-state index in [0.29, 0.717) is 17.3 Å². The minimum atomic E-state index is -1.01. The van der Waals surface area contributed by atoms with Crippen LogP contribution in [-0.4, -0.2) is 27.3 Å². The van der Waals surface area contributed by atoms with Gasteiger partial charge in [-0.1, -0.05) is 6.92 Å². The lowest BCUT2D eigenvalue weighted by Gasteiger charge is -2.01. The quantitative estimate of drug-likeness (QED) is 0.588. The normalized spacial score (nSPS) is 10.0. The molecular weight excluding hydrogens is 188 g/mol. The Balaban J connectivity index is 3.14. The van der Waals surface area contributed by atoms with Crippen LogP contribution >= 0.6 is 11.8 Å². The largest absolute Gasteiger partial charge is 0.477 e. The van der Waals surface area contributed by atoms with E-state index >= 15 is 0 Å². The van der Waals surface area contributed by atoms with Gasteiger partial charge in [0.05, 0.1) is 0 Å². The Hall–Kier alpha value is -1.10. The first-order valence-corrected chi connectivity index (χ1v) is 5.05. The third kappa shape index (κ3) is 2.42. The molecule has 0 atom stereocenters. The third-order valence-corrected chi connectivity index (χ3v) is 2.12. The molecule has 70 valence electrons. The van der Waals surface area contributed by atoms with Crippen molar-refractivity contribution in [2.75, 3.05) is 6.26 Å². The molecular formula is C8H10N2O2S. The van der Waals surface area contributed by atoms with E-state index in [1.165, 1.54) is 17.8 Å². The van der Waals surface area contributed by atoms with Crippen molar-refractivity contribution in [2.24, 2.45) is 0 Å². The topological polar surface area (TPSA) is 63.1 Å². The predicted molar refractivity (Wildman–Crippen MR) is 50.2 cm³/mol. The van der Waals surface area contributed by atoms with E-state index in [2.05, 4.69) is 9.97 Å². The maximum absolute atomic E-state index is 10.6. The first kappa shape index (κ1) is 9.98. The molecule has 4 nitrogen and oxygen atoms in total. The average Bonchev–Trinajstić information content (AvgIpc) is 2.16. The van der Waals surface area contributed by atoms with Crippen LogP contribution in [0, 0.1) is 0 Å². The molecule has 0 bridgehead atoms. The zero-order chi connectivity index (χ0) is 9.84. The SMILES string of the molecule is CCc1nc(SC)cc(C(=O)O)n1. The summed E-state index contributed by atoms with van der Waals surface area (Å²) in [5.74, 6) is -0.434. The molecule has 0 aliphatic heterocycles. The number of hydrogen-bond donors (Lipinski definition) is 1. The van der Waals surface area contributed by atoms with E-state index in [0.717, 1.165) is 0 Å². The molecule has 0 amide bonds. The van der Waals surface area contributed by atoms with Gasteiger partial charge in [0, 0.05) is 12.5 Å². The van der Waals surface area contributed by atoms with Crippen molar-refractivity contribution in [3.63, 3.8) is 0 Å². The number of hydrogen-bond acceptors (Lipinski definition) is 4. The Morgan fingerprint density at radius 2 is 2.31 bits per heavy atom. The lowest BCUT2D eigenvalue weighted by Crippen LogP contribution is -2.05. The highest BCUT2D eigenvalue weighted by Gasteiger charge is 2.08. The summed E-state index contributed by atoms with van der Waals surface area (Å²) in [4.78, 5) is 18.7. The zero-order valence-electron chi connectivity index (χ0n) is 7.44. The van der Waals surface area contributed by atoms with Crippen molar-refractivity contribution in [3.05, 3.63) is 17.6 Å². The summed E-state index contributed by atoms with van der Waals surface area (Å²) in [6.45, 7) is 1.89. The van der Waals surface area contributed by atoms with Gasteiger partial charge in [-0.25, -0.2) is 14.8 Å². The average molecular weight is 198 g/mol. The summed E-state index contributed by atoms with van der Waals surface area (Å²) >= 11 is 1.42. The maximum Gasteiger partial charge on any atom is 0.354 e. The number of carboxylic acid groups (broad SMARTS) is 1. The number of thioether (sulfide) groups is 1. The van der Waals surface area contributed by atoms with Crippen LogP contribution in [0.5, 0.6) is 0 Å². The van der Waals surface area contributed by atoms with Gasteiger partial charge in [-0.3, -0.25) is 0 Å². The number of carbonyl (C=O) groups is 1. The fraction of sp³-hybridized carbons (Fsp3) is 0.375. The second kappa shape index (κ2) is 4.23. The van der Waals surface area contributed by atoms with Gasteiger partial charge in [-0.15, -0.1) is 11.8 Å². The minimum absolute atomic E-state index is 0.0659. The molecule has 0 radical (unpaired) electrons. The summed E-state index contributed by atoms with van der Waals surface area (Å²) in [7, 11) is 0. The number of carboxylic acids is 1. The molecule has 0 saturated carbocycles. The minimum Gasteiger partial charge on any atom is -0.477 e. The summed E-state index contributed by atoms with van der Waals surface area (Å²) in [5, 5.41) is 9.42. The highest BCUT2D eigenvalue weighted by molar-refractivity contribution is 7.98. The summed E-state index contributed by atoms with van der Waals surface area (Å²) < 4.78 is 0. The maximum atomic E-state index is 10.6. The standard InChI is InChI=1S/C8H10N2O2S/c1-3-6-9-5(8(11)12)4-7(10-6)13-2/h4H,3H2,1-2H3,(H,11,12). The Labute approximate surface area is 80.4 Å². The monoisotopic (exact) mass is 198 g/mol. The number of nitrogens with zero attached hydrogens (tertiary/aromatic N) is 2. The molecule has 0 aliphatic rings. The first-order chi connectivity index (χ1) is 6.17. The lowest BCUT2D eigenvalue weighted by atomic mass is 10.4. The Morgan fingerprint density at radius 3 is 2.77 bits per heavy atom. The van der Waals surface area contributed by atoms with Crippen LogP contribution in [0.4, 0.5) is 0 Å². The van der Waals surface area contributed by atoms with Crippen molar-refractivity contribution in [3.8, 4) is 0 Å². The van der Waals surface area contributed by atoms with Crippen molar-refractivity contribution < 1.29 is 9.90 Å². The molecule has 1 aromatic rings. The van der Waals surface area contributed by atoms with Crippen LogP contribution < -0.4 is 0 Å². The molecule has 1 N–H and O–H groups in total. The van der Waals surface area contributed by atoms with E-state index in [-0.39, 0.29) is 5.69 Å². The molecule has 0 saturated heterocycles. The third-order valence-electron chi connectivity index (χ3n) is 1.49. The molecule has 13 heavy (non-hydrogen) atoms. The molecule has 1 heterocycles. The molecule has 0 aliphatic carbocycles. The summed E-state index contributed by atoms with van der Waals surface area (Å²) in [6, 6.07) is 1.48. The van der Waals surface area contributed by atoms with Gasteiger partial charge in [0.1, 0.15) is 10.9 Å². The van der Waals surface area contributed by atoms with Gasteiger partial charge < -0.3 is 5.11 Å². The molecule has 0 spiro atoms. The smallest absolute Gasteiger partial charge is 0.354 e. The molecule has 1 rings (SSSR count). The van der Waals surface area contributed by atoms with Gasteiger partial charge in [-0.2, -0.15) is 0 Å². The molecule has 5 heteroatoms. The van der Waals surface area contributed by atoms with E-state index < -0.39 is 5.97 Å². The van der Waals surface area contributed by atoms with Crippen LogP contribution in [0.1, 0.15) is 23.2 Å². The summed E-state index contributed by atoms with van der Waals surface area (Å²) in [5.41, 5.74) is 0.0659. The van der Waals surface area contributed by atoms with Crippen molar-refractivity contribution >= 4 is 17.7 Å². The molecule has 1 aromatic heterocycles. The van der Waals surface area contributed by atoms with Crippen molar-refractivity contribution in [1.82, 2.24) is 9.97 Å². The Morgan fingerprint density at radius 1 is 1.62 bits per heavy atom. The highest BCUT2D eigenvalue weighted by Crippen LogP contribution is 2.12. The molecule has 0 aromatic carbocycles. The fourth-order valence-corrected chi connectivity index (χ4v) is 1.27. The van der Waals surface area contributed by atoms with E-state index in [4.69, 9.17) is 5.11 Å². The van der Waals surface area contributed by atoms with Crippen LogP contribution in [0.15, 0.2) is 11.1 Å². The second-order valence-electron chi connectivity index (χ2n) is 2.37. The second-order valence-corrected chi connectivity index (χ2v) is 3.20. The van der Waals surface area contributed by atoms with Crippen molar-refractivity contribution in [2.45, 2.75) is 18.4 Å². The van der Waals surface area contributed by atoms with E-state index in [9.17, 15) is 4.79 Å². The number of aryl methyl sites for hydroxylation is 1. The fourth-order valence-electron chi connectivity index (χ4n) is 0.845. The number of rotatable bonds is 3. The van der Waals surface area contributed by atoms with E-state index in [1.807, 2.05) is 13.2 Å². The van der Waals surface area contributed by atoms with Gasteiger partial charge in [0.15, 0.2) is 5.69 Å². The highest BCUT2D eigenvalue weighted by atomic mass is 32.2. The summed E-state index contributed by atoms with van der Waals surface area (Å²) in [6.07, 6.45) is 2.50. The van der Waals surface area contributed by atoms with Crippen molar-refractivity contribution in [1.29, 1.82) is 0 Å². The van der Waals surface area contributed by atoms with Crippen LogP contribution in [0.2, 0.25) is 0 Å². The van der Waals surface area contributed by atoms with Crippen LogP contribution in [-0.2, 0) is 6.42 Å². The predicted octanol–water partition coefficient (Wildman–Crippen LogP) is 1.46. The molecule has 0 unspecified atom stereocenters. The zero-order valence-corrected chi connectivity index (χ0v) is 8.26. The molecule has 0 fully saturated rings. The van der Waals surface area contributed by atoms with Gasteiger partial charge >= 0.3 is 5.97 Å². The van der Waals surface area contributed by atoms with Gasteiger partial charge in [0.2, 0.25) is 0 Å².